The molecule has 0 unspecified atom stereocenters. The van der Waals surface area contributed by atoms with Crippen molar-refractivity contribution >= 4 is 0 Å². The Balaban J connectivity index is 2.20. The van der Waals surface area contributed by atoms with E-state index in [1.54, 1.807) is 18.6 Å². The second-order valence-corrected chi connectivity index (χ2v) is 3.43. The minimum Gasteiger partial charge on any atom is -0.492 e. The largest absolute Gasteiger partial charge is 0.492 e. The van der Waals surface area contributed by atoms with E-state index < -0.39 is 0 Å². The molecule has 1 aliphatic heterocycles. The molecule has 0 saturated heterocycles. The fourth-order valence-electron chi connectivity index (χ4n) is 1.77. The van der Waals surface area contributed by atoms with E-state index in [0.717, 1.165) is 28.9 Å². The van der Waals surface area contributed by atoms with Crippen molar-refractivity contribution in [1.82, 2.24) is 9.97 Å². The first kappa shape index (κ1) is 7.40. The molecule has 74 valence electrons. The van der Waals surface area contributed by atoms with Gasteiger partial charge in [-0.15, -0.1) is 0 Å². The van der Waals surface area contributed by atoms with Crippen LogP contribution in [0.4, 0.5) is 0 Å². The fraction of sp³-hybridized carbons (Fsp3) is 0.167. The zero-order valence-electron chi connectivity index (χ0n) is 9.10. The summed E-state index contributed by atoms with van der Waals surface area (Å²) in [6, 6.07) is 3.84. The quantitative estimate of drug-likeness (QED) is 0.705. The molecule has 0 aliphatic carbocycles. The molecule has 0 spiro atoms. The predicted molar refractivity (Wildman–Crippen MR) is 56.7 cm³/mol. The maximum Gasteiger partial charge on any atom is 0.133 e. The second kappa shape index (κ2) is 3.35. The van der Waals surface area contributed by atoms with E-state index in [1.807, 2.05) is 12.1 Å². The third-order valence-corrected chi connectivity index (χ3v) is 2.50. The Labute approximate surface area is 89.2 Å². The smallest absolute Gasteiger partial charge is 0.133 e. The Bertz CT molecular complexity index is 528. The summed E-state index contributed by atoms with van der Waals surface area (Å²) in [4.78, 5) is 8.08. The summed E-state index contributed by atoms with van der Waals surface area (Å²) in [5.74, 6) is 0.811. The van der Waals surface area contributed by atoms with Crippen molar-refractivity contribution in [3.05, 3.63) is 42.5 Å². The van der Waals surface area contributed by atoms with Gasteiger partial charge in [-0.2, -0.15) is 0 Å². The number of fused-ring (bicyclic) bond motifs is 1. The van der Waals surface area contributed by atoms with Gasteiger partial charge >= 0.3 is 0 Å². The van der Waals surface area contributed by atoms with Crippen LogP contribution in [0.25, 0.3) is 11.1 Å². The molecule has 0 saturated carbocycles. The van der Waals surface area contributed by atoms with E-state index in [-0.39, 0.29) is 0 Å². The molecule has 3 heteroatoms. The molecule has 0 bridgehead atoms. The zero-order valence-corrected chi connectivity index (χ0v) is 8.10. The molecule has 0 aromatic carbocycles. The van der Waals surface area contributed by atoms with Crippen molar-refractivity contribution in [2.75, 3.05) is 6.61 Å². The van der Waals surface area contributed by atoms with Gasteiger partial charge in [-0.05, 0) is 17.7 Å². The highest BCUT2D eigenvalue weighted by molar-refractivity contribution is 5.71. The summed E-state index contributed by atoms with van der Waals surface area (Å²) in [6.07, 6.45) is 6.28. The van der Waals surface area contributed by atoms with Crippen LogP contribution >= 0.6 is 0 Å². The molecule has 2 aromatic heterocycles. The SMILES string of the molecule is [2H]c1ncc(-c2ccncc2)c2c1CCO2. The number of nitrogens with zero attached hydrogens (tertiary/aromatic N) is 2. The molecule has 3 rings (SSSR count). The Kier molecular flexibility index (Phi) is 1.65. The number of aromatic nitrogens is 2. The van der Waals surface area contributed by atoms with Crippen molar-refractivity contribution in [1.29, 1.82) is 0 Å². The molecule has 0 N–H and O–H groups in total. The first-order valence-electron chi connectivity index (χ1n) is 5.38. The number of hydrogen-bond donors (Lipinski definition) is 0. The molecule has 15 heavy (non-hydrogen) atoms. The lowest BCUT2D eigenvalue weighted by Crippen LogP contribution is -1.89. The van der Waals surface area contributed by atoms with Gasteiger partial charge in [-0.3, -0.25) is 9.97 Å². The normalized spacial score (nSPS) is 14.3. The van der Waals surface area contributed by atoms with Crippen molar-refractivity contribution < 1.29 is 6.11 Å². The molecule has 2 aromatic rings. The number of ether oxygens (including phenoxy) is 1. The van der Waals surface area contributed by atoms with Crippen molar-refractivity contribution in [3.8, 4) is 16.9 Å². The minimum absolute atomic E-state index is 0.324. The highest BCUT2D eigenvalue weighted by Crippen LogP contribution is 2.35. The van der Waals surface area contributed by atoms with Gasteiger partial charge in [0.1, 0.15) is 5.75 Å². The van der Waals surface area contributed by atoms with E-state index >= 15 is 0 Å². The summed E-state index contributed by atoms with van der Waals surface area (Å²) in [7, 11) is 0. The molecular weight excluding hydrogens is 188 g/mol. The van der Waals surface area contributed by atoms with Crippen molar-refractivity contribution in [2.24, 2.45) is 0 Å². The number of rotatable bonds is 1. The van der Waals surface area contributed by atoms with Gasteiger partial charge in [0.2, 0.25) is 0 Å². The average molecular weight is 199 g/mol. The Morgan fingerprint density at radius 3 is 3.00 bits per heavy atom. The van der Waals surface area contributed by atoms with Crippen LogP contribution in [0.5, 0.6) is 5.75 Å². The highest BCUT2D eigenvalue weighted by Gasteiger charge is 2.17. The van der Waals surface area contributed by atoms with E-state index in [4.69, 9.17) is 6.11 Å². The summed E-state index contributed by atoms with van der Waals surface area (Å²) < 4.78 is 13.3. The van der Waals surface area contributed by atoms with Crippen LogP contribution < -0.4 is 4.74 Å². The standard InChI is InChI=1S/C12H10N2O/c1-4-13-5-2-9(1)11-8-14-7-10-3-6-15-12(10)11/h1-2,4-5,7-8H,3,6H2/i7D. The van der Waals surface area contributed by atoms with E-state index in [2.05, 4.69) is 9.97 Å². The van der Waals surface area contributed by atoms with E-state index in [0.29, 0.717) is 12.8 Å². The zero-order chi connectivity index (χ0) is 11.0. The van der Waals surface area contributed by atoms with Gasteiger partial charge in [-0.1, -0.05) is 0 Å². The Morgan fingerprint density at radius 2 is 2.13 bits per heavy atom. The Hall–Kier alpha value is -1.90. The van der Waals surface area contributed by atoms with Crippen molar-refractivity contribution in [2.45, 2.75) is 6.42 Å². The first-order valence-corrected chi connectivity index (χ1v) is 4.88. The highest BCUT2D eigenvalue weighted by atomic mass is 16.5. The summed E-state index contributed by atoms with van der Waals surface area (Å²) >= 11 is 0. The fourth-order valence-corrected chi connectivity index (χ4v) is 1.77. The minimum atomic E-state index is 0.324. The monoisotopic (exact) mass is 199 g/mol. The topological polar surface area (TPSA) is 35.0 Å². The van der Waals surface area contributed by atoms with Gasteiger partial charge in [0.25, 0.3) is 0 Å². The van der Waals surface area contributed by atoms with Crippen LogP contribution in [0.1, 0.15) is 6.93 Å². The van der Waals surface area contributed by atoms with Gasteiger partial charge in [0, 0.05) is 42.3 Å². The third kappa shape index (κ3) is 1.36. The third-order valence-electron chi connectivity index (χ3n) is 2.50. The lowest BCUT2D eigenvalue weighted by Gasteiger charge is -2.06. The second-order valence-electron chi connectivity index (χ2n) is 3.43. The van der Waals surface area contributed by atoms with Crippen molar-refractivity contribution in [3.63, 3.8) is 0 Å². The molecule has 0 amide bonds. The van der Waals surface area contributed by atoms with Crippen LogP contribution in [-0.2, 0) is 6.42 Å². The molecule has 3 heterocycles. The molecule has 1 aliphatic rings. The van der Waals surface area contributed by atoms with Crippen LogP contribution in [-0.4, -0.2) is 16.6 Å². The average Bonchev–Trinajstić information content (AvgIpc) is 2.81. The number of hydrogen-bond acceptors (Lipinski definition) is 3. The van der Waals surface area contributed by atoms with Crippen LogP contribution in [0.3, 0.4) is 0 Å². The molecular formula is C12H10N2O. The molecule has 0 radical (unpaired) electrons. The van der Waals surface area contributed by atoms with Crippen LogP contribution in [0.2, 0.25) is 0 Å². The molecule has 0 fully saturated rings. The van der Waals surface area contributed by atoms with Crippen LogP contribution in [0, 0.1) is 0 Å². The number of pyridine rings is 2. The summed E-state index contributed by atoms with van der Waals surface area (Å²) in [5.41, 5.74) is 2.89. The van der Waals surface area contributed by atoms with Gasteiger partial charge < -0.3 is 4.74 Å². The van der Waals surface area contributed by atoms with Gasteiger partial charge in [0.05, 0.1) is 7.98 Å². The van der Waals surface area contributed by atoms with E-state index in [9.17, 15) is 0 Å². The maximum atomic E-state index is 7.71. The molecule has 3 nitrogen and oxygen atoms in total. The summed E-state index contributed by atoms with van der Waals surface area (Å²) in [5, 5.41) is 0. The predicted octanol–water partition coefficient (Wildman–Crippen LogP) is 2.08. The first-order chi connectivity index (χ1) is 7.86. The van der Waals surface area contributed by atoms with E-state index in [1.165, 1.54) is 0 Å². The van der Waals surface area contributed by atoms with Gasteiger partial charge in [-0.25, -0.2) is 0 Å². The van der Waals surface area contributed by atoms with Gasteiger partial charge in [0.15, 0.2) is 0 Å². The van der Waals surface area contributed by atoms with Crippen LogP contribution in [0.15, 0.2) is 36.9 Å². The maximum absolute atomic E-state index is 7.71. The lowest BCUT2D eigenvalue weighted by atomic mass is 10.1. The lowest BCUT2D eigenvalue weighted by molar-refractivity contribution is 0.358. The summed E-state index contributed by atoms with van der Waals surface area (Å²) in [6.45, 7) is 0.644. The molecule has 0 atom stereocenters. The Morgan fingerprint density at radius 1 is 1.27 bits per heavy atom.